The zero-order valence-corrected chi connectivity index (χ0v) is 7.64. The lowest BCUT2D eigenvalue weighted by Crippen LogP contribution is -2.09. The number of aliphatic imine (C=N–C) groups is 1. The second-order valence-corrected chi connectivity index (χ2v) is 2.84. The summed E-state index contributed by atoms with van der Waals surface area (Å²) >= 11 is 0. The molecule has 0 bridgehead atoms. The first-order chi connectivity index (χ1) is 6.92. The molecule has 0 aromatic carbocycles. The van der Waals surface area contributed by atoms with Crippen molar-refractivity contribution in [1.82, 2.24) is 0 Å². The molecule has 0 unspecified atom stereocenters. The van der Waals surface area contributed by atoms with Crippen LogP contribution in [0.5, 0.6) is 0 Å². The predicted octanol–water partition coefficient (Wildman–Crippen LogP) is 1.77. The zero-order chi connectivity index (χ0) is 9.80. The maximum Gasteiger partial charge on any atom is 0.135 e. The van der Waals surface area contributed by atoms with E-state index < -0.39 is 0 Å². The van der Waals surface area contributed by atoms with E-state index in [1.54, 1.807) is 24.8 Å². The van der Waals surface area contributed by atoms with Gasteiger partial charge in [-0.15, -0.1) is 0 Å². The van der Waals surface area contributed by atoms with E-state index in [1.165, 1.54) is 0 Å². The highest BCUT2D eigenvalue weighted by molar-refractivity contribution is 6.39. The number of oxime groups is 1. The van der Waals surface area contributed by atoms with E-state index >= 15 is 0 Å². The van der Waals surface area contributed by atoms with Gasteiger partial charge in [-0.05, 0) is 0 Å². The van der Waals surface area contributed by atoms with Gasteiger partial charge in [0, 0.05) is 11.1 Å². The molecule has 4 heteroatoms. The van der Waals surface area contributed by atoms with Crippen molar-refractivity contribution in [2.75, 3.05) is 6.61 Å². The van der Waals surface area contributed by atoms with Gasteiger partial charge in [-0.3, -0.25) is 4.99 Å². The Hall–Kier alpha value is -1.84. The maximum absolute atomic E-state index is 5.07. The fourth-order valence-corrected chi connectivity index (χ4v) is 1.20. The highest BCUT2D eigenvalue weighted by Gasteiger charge is 2.14. The lowest BCUT2D eigenvalue weighted by molar-refractivity contribution is 0.175. The molecule has 1 aliphatic heterocycles. The molecule has 0 fully saturated rings. The lowest BCUT2D eigenvalue weighted by atomic mass is 10.1. The Labute approximate surface area is 81.6 Å². The van der Waals surface area contributed by atoms with Crippen LogP contribution in [-0.2, 0) is 11.4 Å². The second kappa shape index (κ2) is 3.91. The Bertz CT molecular complexity index is 391. The van der Waals surface area contributed by atoms with Gasteiger partial charge in [-0.25, -0.2) is 0 Å². The minimum atomic E-state index is 0.393. The van der Waals surface area contributed by atoms with Crippen molar-refractivity contribution >= 4 is 11.9 Å². The molecule has 0 spiro atoms. The monoisotopic (exact) mass is 190 g/mol. The van der Waals surface area contributed by atoms with E-state index in [4.69, 9.17) is 9.25 Å². The number of nitrogens with zero attached hydrogens (tertiary/aromatic N) is 2. The van der Waals surface area contributed by atoms with Crippen molar-refractivity contribution in [2.24, 2.45) is 10.1 Å². The fraction of sp³-hybridized carbons (Fsp3) is 0.200. The zero-order valence-electron chi connectivity index (χ0n) is 7.64. The minimum Gasteiger partial charge on any atom is -0.472 e. The summed E-state index contributed by atoms with van der Waals surface area (Å²) in [5.74, 6) is 0. The largest absolute Gasteiger partial charge is 0.472 e. The lowest BCUT2D eigenvalue weighted by Gasteiger charge is -2.05. The second-order valence-electron chi connectivity index (χ2n) is 2.84. The van der Waals surface area contributed by atoms with E-state index in [0.29, 0.717) is 18.9 Å². The molecule has 0 radical (unpaired) electrons. The summed E-state index contributed by atoms with van der Waals surface area (Å²) in [7, 11) is 0. The Balaban J connectivity index is 2.19. The third-order valence-electron chi connectivity index (χ3n) is 1.85. The molecule has 1 aromatic rings. The molecule has 0 saturated carbocycles. The Morgan fingerprint density at radius 2 is 2.57 bits per heavy atom. The molecule has 72 valence electrons. The van der Waals surface area contributed by atoms with Gasteiger partial charge >= 0.3 is 0 Å². The van der Waals surface area contributed by atoms with Crippen LogP contribution in [0.15, 0.2) is 39.7 Å². The predicted molar refractivity (Wildman–Crippen MR) is 53.6 cm³/mol. The van der Waals surface area contributed by atoms with Gasteiger partial charge in [0.15, 0.2) is 0 Å². The normalized spacial score (nSPS) is 16.7. The Morgan fingerprint density at radius 3 is 3.43 bits per heavy atom. The van der Waals surface area contributed by atoms with Crippen molar-refractivity contribution in [3.8, 4) is 0 Å². The van der Waals surface area contributed by atoms with Gasteiger partial charge in [0.1, 0.15) is 18.6 Å². The molecular formula is C10H10N2O2. The summed E-state index contributed by atoms with van der Waals surface area (Å²) in [4.78, 5) is 9.11. The number of hydrogen-bond donors (Lipinski definition) is 0. The average molecular weight is 190 g/mol. The molecule has 1 aromatic heterocycles. The van der Waals surface area contributed by atoms with Gasteiger partial charge in [-0.1, -0.05) is 17.8 Å². The van der Waals surface area contributed by atoms with E-state index in [9.17, 15) is 0 Å². The fourth-order valence-electron chi connectivity index (χ4n) is 1.20. The van der Waals surface area contributed by atoms with Crippen LogP contribution >= 0.6 is 0 Å². The molecule has 0 aliphatic carbocycles. The molecule has 0 N–H and O–H groups in total. The van der Waals surface area contributed by atoms with Crippen LogP contribution in [0.3, 0.4) is 0 Å². The van der Waals surface area contributed by atoms with Crippen molar-refractivity contribution in [1.29, 1.82) is 0 Å². The maximum atomic E-state index is 5.07. The van der Waals surface area contributed by atoms with Crippen LogP contribution < -0.4 is 0 Å². The smallest absolute Gasteiger partial charge is 0.135 e. The van der Waals surface area contributed by atoms with Crippen LogP contribution in [-0.4, -0.2) is 18.5 Å². The SMILES string of the molecule is C=CCON=C1C=NCc2cocc21. The number of furan rings is 1. The summed E-state index contributed by atoms with van der Waals surface area (Å²) in [5, 5.41) is 3.92. The quantitative estimate of drug-likeness (QED) is 0.414. The molecule has 4 nitrogen and oxygen atoms in total. The molecular weight excluding hydrogens is 180 g/mol. The molecule has 2 heterocycles. The van der Waals surface area contributed by atoms with E-state index in [-0.39, 0.29) is 0 Å². The molecule has 0 atom stereocenters. The summed E-state index contributed by atoms with van der Waals surface area (Å²) in [6.07, 6.45) is 6.65. The van der Waals surface area contributed by atoms with Crippen LogP contribution in [0, 0.1) is 0 Å². The summed E-state index contributed by atoms with van der Waals surface area (Å²) in [5.41, 5.74) is 2.68. The summed E-state index contributed by atoms with van der Waals surface area (Å²) in [6.45, 7) is 4.57. The Kier molecular flexibility index (Phi) is 2.44. The summed E-state index contributed by atoms with van der Waals surface area (Å²) in [6, 6.07) is 0. The van der Waals surface area contributed by atoms with Crippen LogP contribution in [0.1, 0.15) is 11.1 Å². The number of fused-ring (bicyclic) bond motifs is 1. The standard InChI is InChI=1S/C10H10N2O2/c1-2-3-14-12-10-5-11-4-8-6-13-7-9(8)10/h2,5-7H,1,3-4H2. The third kappa shape index (κ3) is 1.59. The van der Waals surface area contributed by atoms with Crippen LogP contribution in [0.4, 0.5) is 0 Å². The molecule has 14 heavy (non-hydrogen) atoms. The van der Waals surface area contributed by atoms with Crippen LogP contribution in [0.25, 0.3) is 0 Å². The van der Waals surface area contributed by atoms with Gasteiger partial charge in [0.25, 0.3) is 0 Å². The van der Waals surface area contributed by atoms with Gasteiger partial charge in [0.05, 0.1) is 19.0 Å². The van der Waals surface area contributed by atoms with E-state index in [0.717, 1.165) is 11.1 Å². The third-order valence-corrected chi connectivity index (χ3v) is 1.85. The summed E-state index contributed by atoms with van der Waals surface area (Å²) < 4.78 is 5.07. The van der Waals surface area contributed by atoms with Crippen molar-refractivity contribution < 1.29 is 9.25 Å². The molecule has 2 rings (SSSR count). The number of hydrogen-bond acceptors (Lipinski definition) is 4. The first kappa shape index (κ1) is 8.74. The van der Waals surface area contributed by atoms with Gasteiger partial charge < -0.3 is 9.25 Å². The van der Waals surface area contributed by atoms with Crippen molar-refractivity contribution in [3.05, 3.63) is 36.3 Å². The first-order valence-electron chi connectivity index (χ1n) is 4.28. The average Bonchev–Trinajstić information content (AvgIpc) is 2.67. The van der Waals surface area contributed by atoms with Crippen molar-refractivity contribution in [2.45, 2.75) is 6.54 Å². The van der Waals surface area contributed by atoms with Crippen LogP contribution in [0.2, 0.25) is 0 Å². The molecule has 1 aliphatic rings. The molecule has 0 saturated heterocycles. The molecule has 0 amide bonds. The van der Waals surface area contributed by atoms with Gasteiger partial charge in [0.2, 0.25) is 0 Å². The van der Waals surface area contributed by atoms with Crippen molar-refractivity contribution in [3.63, 3.8) is 0 Å². The highest BCUT2D eigenvalue weighted by atomic mass is 16.6. The first-order valence-corrected chi connectivity index (χ1v) is 4.28. The van der Waals surface area contributed by atoms with E-state index in [2.05, 4.69) is 16.7 Å². The Morgan fingerprint density at radius 1 is 1.64 bits per heavy atom. The minimum absolute atomic E-state index is 0.393. The topological polar surface area (TPSA) is 47.1 Å². The highest BCUT2D eigenvalue weighted by Crippen LogP contribution is 2.15. The van der Waals surface area contributed by atoms with E-state index in [1.807, 2.05) is 0 Å². The van der Waals surface area contributed by atoms with Gasteiger partial charge in [-0.2, -0.15) is 0 Å². The number of rotatable bonds is 3.